The summed E-state index contributed by atoms with van der Waals surface area (Å²) in [6, 6.07) is 10.3. The van der Waals surface area contributed by atoms with E-state index in [1.165, 1.54) is 5.69 Å². The molecule has 1 aromatic carbocycles. The summed E-state index contributed by atoms with van der Waals surface area (Å²) in [4.78, 5) is 8.25. The van der Waals surface area contributed by atoms with Crippen molar-refractivity contribution in [3.63, 3.8) is 0 Å². The Labute approximate surface area is 155 Å². The maximum atomic E-state index is 4.67. The molecule has 1 aliphatic heterocycles. The predicted molar refractivity (Wildman–Crippen MR) is 102 cm³/mol. The van der Waals surface area contributed by atoms with Crippen molar-refractivity contribution in [1.29, 1.82) is 0 Å². The first-order chi connectivity index (χ1) is 12.8. The average Bonchev–Trinajstić information content (AvgIpc) is 3.31. The Balaban J connectivity index is 1.38. The summed E-state index contributed by atoms with van der Waals surface area (Å²) >= 11 is 1.69. The molecule has 0 unspecified atom stereocenters. The Bertz CT molecular complexity index is 1040. The van der Waals surface area contributed by atoms with E-state index in [1.807, 2.05) is 6.07 Å². The van der Waals surface area contributed by atoms with Gasteiger partial charge in [0.2, 0.25) is 0 Å². The molecule has 0 N–H and O–H groups in total. The summed E-state index contributed by atoms with van der Waals surface area (Å²) in [5, 5.41) is 11.0. The minimum Gasteiger partial charge on any atom is -0.310 e. The van der Waals surface area contributed by atoms with Gasteiger partial charge in [0.1, 0.15) is 5.82 Å². The molecular weight excluding hydrogens is 344 g/mol. The predicted octanol–water partition coefficient (Wildman–Crippen LogP) is 3.02. The summed E-state index contributed by atoms with van der Waals surface area (Å²) in [6.45, 7) is 5.92. The third-order valence-corrected chi connectivity index (χ3v) is 5.84. The second-order valence-corrected chi connectivity index (χ2v) is 7.56. The number of aromatic nitrogens is 5. The molecule has 0 fully saturated rings. The van der Waals surface area contributed by atoms with Gasteiger partial charge in [0.15, 0.2) is 10.8 Å². The summed E-state index contributed by atoms with van der Waals surface area (Å²) in [7, 11) is 0. The van der Waals surface area contributed by atoms with Crippen molar-refractivity contribution in [2.75, 3.05) is 13.1 Å². The highest BCUT2D eigenvalue weighted by molar-refractivity contribution is 7.15. The van der Waals surface area contributed by atoms with E-state index in [2.05, 4.69) is 71.8 Å². The third kappa shape index (κ3) is 2.64. The monoisotopic (exact) mass is 364 g/mol. The second-order valence-electron chi connectivity index (χ2n) is 6.68. The first kappa shape index (κ1) is 15.7. The quantitative estimate of drug-likeness (QED) is 0.561. The van der Waals surface area contributed by atoms with Crippen LogP contribution in [0.5, 0.6) is 0 Å². The summed E-state index contributed by atoms with van der Waals surface area (Å²) in [5.41, 5.74) is 3.55. The highest BCUT2D eigenvalue weighted by Crippen LogP contribution is 2.22. The zero-order chi connectivity index (χ0) is 17.5. The summed E-state index contributed by atoms with van der Waals surface area (Å²) in [6.07, 6.45) is 3.04. The van der Waals surface area contributed by atoms with Crippen LogP contribution >= 0.6 is 11.3 Å². The maximum absolute atomic E-state index is 4.67. The molecule has 26 heavy (non-hydrogen) atoms. The molecule has 0 atom stereocenters. The minimum atomic E-state index is 0.914. The number of thiazole rings is 1. The first-order valence-corrected chi connectivity index (χ1v) is 9.78. The van der Waals surface area contributed by atoms with Crippen molar-refractivity contribution in [2.45, 2.75) is 26.4 Å². The number of rotatable bonds is 3. The van der Waals surface area contributed by atoms with Crippen molar-refractivity contribution in [2.24, 2.45) is 0 Å². The van der Waals surface area contributed by atoms with Gasteiger partial charge in [-0.3, -0.25) is 9.30 Å². The Morgan fingerprint density at radius 2 is 1.96 bits per heavy atom. The summed E-state index contributed by atoms with van der Waals surface area (Å²) in [5.74, 6) is 2.06. The summed E-state index contributed by atoms with van der Waals surface area (Å²) < 4.78 is 4.50. The van der Waals surface area contributed by atoms with Crippen LogP contribution in [-0.4, -0.2) is 42.1 Å². The second kappa shape index (κ2) is 6.34. The molecule has 132 valence electrons. The van der Waals surface area contributed by atoms with Crippen LogP contribution in [0, 0.1) is 6.92 Å². The number of fused-ring (bicyclic) bond motifs is 2. The molecule has 0 amide bonds. The van der Waals surface area contributed by atoms with Crippen LogP contribution in [0.25, 0.3) is 16.3 Å². The number of hydrogen-bond donors (Lipinski definition) is 0. The van der Waals surface area contributed by atoms with E-state index in [0.717, 1.165) is 60.5 Å². The number of aryl methyl sites for hydroxylation is 1. The normalized spacial score (nSPS) is 15.3. The SMILES string of the molecule is Cc1nc2sccn2c1CN1CCc2nnc(-c3ccccc3)n2CC1. The molecular formula is C19H20N6S. The van der Waals surface area contributed by atoms with E-state index in [4.69, 9.17) is 0 Å². The molecule has 7 heteroatoms. The lowest BCUT2D eigenvalue weighted by molar-refractivity contribution is 0.267. The largest absolute Gasteiger partial charge is 0.310 e. The van der Waals surface area contributed by atoms with Gasteiger partial charge in [-0.15, -0.1) is 21.5 Å². The van der Waals surface area contributed by atoms with Gasteiger partial charge in [-0.05, 0) is 6.92 Å². The standard InChI is InChI=1S/C19H20N6S/c1-14-16(24-11-12-26-19(24)20-14)13-23-8-7-17-21-22-18(25(17)10-9-23)15-5-3-2-4-6-15/h2-6,11-12H,7-10,13H2,1H3. The van der Waals surface area contributed by atoms with Gasteiger partial charge < -0.3 is 4.57 Å². The van der Waals surface area contributed by atoms with Crippen molar-refractivity contribution in [3.05, 3.63) is 59.1 Å². The van der Waals surface area contributed by atoms with Crippen molar-refractivity contribution < 1.29 is 0 Å². The lowest BCUT2D eigenvalue weighted by atomic mass is 10.2. The Morgan fingerprint density at radius 3 is 2.85 bits per heavy atom. The molecule has 0 bridgehead atoms. The lowest BCUT2D eigenvalue weighted by Crippen LogP contribution is -2.27. The van der Waals surface area contributed by atoms with Gasteiger partial charge in [0, 0.05) is 49.7 Å². The number of imidazole rings is 1. The van der Waals surface area contributed by atoms with Crippen LogP contribution in [0.1, 0.15) is 17.2 Å². The topological polar surface area (TPSA) is 51.2 Å². The molecule has 0 radical (unpaired) electrons. The molecule has 0 spiro atoms. The van der Waals surface area contributed by atoms with Crippen molar-refractivity contribution >= 4 is 16.3 Å². The van der Waals surface area contributed by atoms with E-state index >= 15 is 0 Å². The molecule has 6 nitrogen and oxygen atoms in total. The maximum Gasteiger partial charge on any atom is 0.194 e. The van der Waals surface area contributed by atoms with Crippen molar-refractivity contribution in [1.82, 2.24) is 29.0 Å². The van der Waals surface area contributed by atoms with E-state index in [0.29, 0.717) is 0 Å². The van der Waals surface area contributed by atoms with E-state index in [-0.39, 0.29) is 0 Å². The lowest BCUT2D eigenvalue weighted by Gasteiger charge is -2.19. The third-order valence-electron chi connectivity index (χ3n) is 5.09. The fraction of sp³-hybridized carbons (Fsp3) is 0.316. The molecule has 3 aromatic heterocycles. The van der Waals surface area contributed by atoms with Crippen LogP contribution in [0.3, 0.4) is 0 Å². The number of hydrogen-bond acceptors (Lipinski definition) is 5. The molecule has 0 saturated carbocycles. The minimum absolute atomic E-state index is 0.914. The molecule has 1 aliphatic rings. The zero-order valence-electron chi connectivity index (χ0n) is 14.7. The van der Waals surface area contributed by atoms with E-state index in [9.17, 15) is 0 Å². The van der Waals surface area contributed by atoms with Gasteiger partial charge in [-0.25, -0.2) is 4.98 Å². The van der Waals surface area contributed by atoms with Gasteiger partial charge in [0.25, 0.3) is 0 Å². The van der Waals surface area contributed by atoms with Gasteiger partial charge in [-0.2, -0.15) is 0 Å². The fourth-order valence-electron chi connectivity index (χ4n) is 3.67. The molecule has 5 rings (SSSR count). The smallest absolute Gasteiger partial charge is 0.194 e. The van der Waals surface area contributed by atoms with Gasteiger partial charge in [-0.1, -0.05) is 30.3 Å². The Kier molecular flexibility index (Phi) is 3.83. The molecule has 0 saturated heterocycles. The van der Waals surface area contributed by atoms with Crippen LogP contribution in [-0.2, 0) is 19.5 Å². The molecule has 4 aromatic rings. The van der Waals surface area contributed by atoms with E-state index in [1.54, 1.807) is 11.3 Å². The highest BCUT2D eigenvalue weighted by Gasteiger charge is 2.21. The number of benzene rings is 1. The fourth-order valence-corrected chi connectivity index (χ4v) is 4.45. The highest BCUT2D eigenvalue weighted by atomic mass is 32.1. The van der Waals surface area contributed by atoms with Crippen LogP contribution in [0.4, 0.5) is 0 Å². The number of nitrogens with zero attached hydrogens (tertiary/aromatic N) is 6. The van der Waals surface area contributed by atoms with Crippen molar-refractivity contribution in [3.8, 4) is 11.4 Å². The molecule has 0 aliphatic carbocycles. The zero-order valence-corrected chi connectivity index (χ0v) is 15.5. The van der Waals surface area contributed by atoms with Crippen LogP contribution < -0.4 is 0 Å². The average molecular weight is 364 g/mol. The van der Waals surface area contributed by atoms with Crippen LogP contribution in [0.15, 0.2) is 41.9 Å². The van der Waals surface area contributed by atoms with Gasteiger partial charge in [0.05, 0.1) is 11.4 Å². The first-order valence-electron chi connectivity index (χ1n) is 8.90. The Morgan fingerprint density at radius 1 is 1.08 bits per heavy atom. The van der Waals surface area contributed by atoms with Crippen LogP contribution in [0.2, 0.25) is 0 Å². The molecule has 4 heterocycles. The van der Waals surface area contributed by atoms with Gasteiger partial charge >= 0.3 is 0 Å². The van der Waals surface area contributed by atoms with E-state index < -0.39 is 0 Å². The Hall–Kier alpha value is -2.51.